The molecular weight excluding hydrogens is 366 g/mol. The maximum atomic E-state index is 12.7. The zero-order valence-corrected chi connectivity index (χ0v) is 15.5. The molecule has 0 aliphatic heterocycles. The van der Waals surface area contributed by atoms with Crippen LogP contribution in [0.3, 0.4) is 0 Å². The maximum absolute atomic E-state index is 12.7. The molecule has 138 valence electrons. The van der Waals surface area contributed by atoms with E-state index in [1.54, 1.807) is 24.3 Å². The highest BCUT2D eigenvalue weighted by Gasteiger charge is 2.27. The van der Waals surface area contributed by atoms with Crippen molar-refractivity contribution in [2.75, 3.05) is 12.4 Å². The fraction of sp³-hybridized carbons (Fsp3) is 0.250. The molecule has 1 amide bonds. The molecule has 2 heterocycles. The van der Waals surface area contributed by atoms with Gasteiger partial charge in [0.25, 0.3) is 5.91 Å². The Hall–Kier alpha value is -2.93. The van der Waals surface area contributed by atoms with Crippen LogP contribution < -0.4 is 10.9 Å². The average molecular weight is 383 g/mol. The van der Waals surface area contributed by atoms with Crippen LogP contribution in [0, 0.1) is 0 Å². The zero-order chi connectivity index (χ0) is 19.0. The van der Waals surface area contributed by atoms with Crippen LogP contribution in [0.4, 0.5) is 5.00 Å². The van der Waals surface area contributed by atoms with Crippen molar-refractivity contribution in [1.82, 2.24) is 0 Å². The number of hydrogen-bond acceptors (Lipinski definition) is 6. The standard InChI is InChI=1S/C20H17NO5S/c1-25-20(24)16-13-8-4-5-9-15(13)27-18(16)21-17(22)14-10-11-6-2-3-7-12(11)19(23)26-14/h2-3,6-7,10H,4-5,8-9H2,1H3,(H,21,22). The Bertz CT molecular complexity index is 1110. The number of amides is 1. The monoisotopic (exact) mass is 383 g/mol. The number of thiophene rings is 1. The summed E-state index contributed by atoms with van der Waals surface area (Å²) < 4.78 is 10.1. The normalized spacial score (nSPS) is 13.2. The molecule has 0 radical (unpaired) electrons. The van der Waals surface area contributed by atoms with Gasteiger partial charge in [0, 0.05) is 4.88 Å². The molecule has 1 aliphatic carbocycles. The number of esters is 1. The summed E-state index contributed by atoms with van der Waals surface area (Å²) >= 11 is 1.38. The Kier molecular flexibility index (Phi) is 4.53. The number of carbonyl (C=O) groups excluding carboxylic acids is 2. The third-order valence-corrected chi connectivity index (χ3v) is 5.89. The van der Waals surface area contributed by atoms with E-state index >= 15 is 0 Å². The van der Waals surface area contributed by atoms with E-state index in [9.17, 15) is 14.4 Å². The fourth-order valence-corrected chi connectivity index (χ4v) is 4.66. The molecule has 1 N–H and O–H groups in total. The van der Waals surface area contributed by atoms with Gasteiger partial charge in [-0.15, -0.1) is 11.3 Å². The zero-order valence-electron chi connectivity index (χ0n) is 14.7. The highest BCUT2D eigenvalue weighted by atomic mass is 32.1. The summed E-state index contributed by atoms with van der Waals surface area (Å²) in [6.07, 6.45) is 3.73. The van der Waals surface area contributed by atoms with E-state index in [1.807, 2.05) is 0 Å². The van der Waals surface area contributed by atoms with Crippen molar-refractivity contribution in [3.63, 3.8) is 0 Å². The van der Waals surface area contributed by atoms with Gasteiger partial charge in [0.2, 0.25) is 0 Å². The van der Waals surface area contributed by atoms with Crippen molar-refractivity contribution in [3.8, 4) is 0 Å². The van der Waals surface area contributed by atoms with Gasteiger partial charge in [-0.05, 0) is 48.8 Å². The summed E-state index contributed by atoms with van der Waals surface area (Å²) in [7, 11) is 1.32. The first kappa shape index (κ1) is 17.5. The first-order chi connectivity index (χ1) is 13.1. The summed E-state index contributed by atoms with van der Waals surface area (Å²) in [6.45, 7) is 0. The van der Waals surface area contributed by atoms with E-state index in [0.29, 0.717) is 21.3 Å². The number of benzene rings is 1. The predicted molar refractivity (Wildman–Crippen MR) is 103 cm³/mol. The van der Waals surface area contributed by atoms with Crippen molar-refractivity contribution in [2.24, 2.45) is 0 Å². The van der Waals surface area contributed by atoms with Gasteiger partial charge in [-0.3, -0.25) is 4.79 Å². The van der Waals surface area contributed by atoms with Gasteiger partial charge in [0.1, 0.15) is 5.00 Å². The lowest BCUT2D eigenvalue weighted by molar-refractivity contribution is 0.0601. The molecule has 2 aromatic heterocycles. The van der Waals surface area contributed by atoms with Gasteiger partial charge in [-0.2, -0.15) is 0 Å². The molecule has 3 aromatic rings. The second kappa shape index (κ2) is 7.00. The quantitative estimate of drug-likeness (QED) is 0.696. The minimum absolute atomic E-state index is 0.0964. The van der Waals surface area contributed by atoms with E-state index < -0.39 is 17.5 Å². The third-order valence-electron chi connectivity index (χ3n) is 4.68. The van der Waals surface area contributed by atoms with Crippen molar-refractivity contribution < 1.29 is 18.7 Å². The van der Waals surface area contributed by atoms with Gasteiger partial charge in [-0.1, -0.05) is 18.2 Å². The Morgan fingerprint density at radius 3 is 2.78 bits per heavy atom. The van der Waals surface area contributed by atoms with Crippen LogP contribution in [0.25, 0.3) is 10.8 Å². The predicted octanol–water partition coefficient (Wildman–Crippen LogP) is 3.77. The molecule has 6 nitrogen and oxygen atoms in total. The van der Waals surface area contributed by atoms with Crippen LogP contribution >= 0.6 is 11.3 Å². The number of aryl methyl sites for hydroxylation is 1. The molecule has 1 aliphatic rings. The van der Waals surface area contributed by atoms with Crippen LogP contribution in [0.5, 0.6) is 0 Å². The van der Waals surface area contributed by atoms with Crippen LogP contribution in [0.15, 0.2) is 39.5 Å². The summed E-state index contributed by atoms with van der Waals surface area (Å²) in [5.74, 6) is -1.13. The SMILES string of the molecule is COC(=O)c1c(NC(=O)c2cc3ccccc3c(=O)o2)sc2c1CCCC2. The highest BCUT2D eigenvalue weighted by molar-refractivity contribution is 7.17. The van der Waals surface area contributed by atoms with Crippen LogP contribution in [0.2, 0.25) is 0 Å². The summed E-state index contributed by atoms with van der Waals surface area (Å²) in [5.41, 5.74) is 0.791. The number of fused-ring (bicyclic) bond motifs is 2. The van der Waals surface area contributed by atoms with Crippen molar-refractivity contribution in [1.29, 1.82) is 0 Å². The molecule has 0 saturated heterocycles. The molecule has 0 unspecified atom stereocenters. The van der Waals surface area contributed by atoms with E-state index in [4.69, 9.17) is 9.15 Å². The fourth-order valence-electron chi connectivity index (χ4n) is 3.38. The first-order valence-electron chi connectivity index (χ1n) is 8.65. The molecule has 4 rings (SSSR count). The topological polar surface area (TPSA) is 85.6 Å². The van der Waals surface area contributed by atoms with E-state index in [-0.39, 0.29) is 5.76 Å². The van der Waals surface area contributed by atoms with Crippen LogP contribution in [-0.2, 0) is 17.6 Å². The number of ether oxygens (including phenoxy) is 1. The number of anilines is 1. The summed E-state index contributed by atoms with van der Waals surface area (Å²) in [4.78, 5) is 38.2. The van der Waals surface area contributed by atoms with Crippen LogP contribution in [0.1, 0.15) is 44.2 Å². The Morgan fingerprint density at radius 2 is 1.96 bits per heavy atom. The minimum Gasteiger partial charge on any atom is -0.465 e. The van der Waals surface area contributed by atoms with Gasteiger partial charge in [-0.25, -0.2) is 9.59 Å². The maximum Gasteiger partial charge on any atom is 0.344 e. The molecule has 27 heavy (non-hydrogen) atoms. The van der Waals surface area contributed by atoms with E-state index in [1.165, 1.54) is 24.5 Å². The van der Waals surface area contributed by atoms with Gasteiger partial charge >= 0.3 is 11.6 Å². The Labute approximate surface area is 158 Å². The van der Waals surface area contributed by atoms with E-state index in [2.05, 4.69) is 5.32 Å². The number of carbonyl (C=O) groups is 2. The Morgan fingerprint density at radius 1 is 1.19 bits per heavy atom. The second-order valence-corrected chi connectivity index (χ2v) is 7.45. The van der Waals surface area contributed by atoms with Crippen LogP contribution in [-0.4, -0.2) is 19.0 Å². The van der Waals surface area contributed by atoms with Crippen molar-refractivity contribution in [2.45, 2.75) is 25.7 Å². The largest absolute Gasteiger partial charge is 0.465 e. The lowest BCUT2D eigenvalue weighted by Crippen LogP contribution is -2.17. The molecule has 0 saturated carbocycles. The summed E-state index contributed by atoms with van der Waals surface area (Å²) in [6, 6.07) is 8.43. The molecular formula is C20H17NO5S. The highest BCUT2D eigenvalue weighted by Crippen LogP contribution is 2.38. The average Bonchev–Trinajstić information content (AvgIpc) is 3.05. The smallest absolute Gasteiger partial charge is 0.344 e. The lowest BCUT2D eigenvalue weighted by Gasteiger charge is -2.11. The molecule has 0 atom stereocenters. The molecule has 0 spiro atoms. The number of rotatable bonds is 3. The first-order valence-corrected chi connectivity index (χ1v) is 9.47. The molecule has 1 aromatic carbocycles. The number of nitrogens with one attached hydrogen (secondary N) is 1. The van der Waals surface area contributed by atoms with Crippen molar-refractivity contribution in [3.05, 3.63) is 62.5 Å². The molecule has 0 bridgehead atoms. The molecule has 7 heteroatoms. The summed E-state index contributed by atoms with van der Waals surface area (Å²) in [5, 5.41) is 4.21. The molecule has 0 fully saturated rings. The Balaban J connectivity index is 1.72. The number of hydrogen-bond donors (Lipinski definition) is 1. The lowest BCUT2D eigenvalue weighted by atomic mass is 9.95. The van der Waals surface area contributed by atoms with E-state index in [0.717, 1.165) is 36.1 Å². The minimum atomic E-state index is -0.572. The van der Waals surface area contributed by atoms with Gasteiger partial charge < -0.3 is 14.5 Å². The van der Waals surface area contributed by atoms with Gasteiger partial charge in [0.15, 0.2) is 5.76 Å². The van der Waals surface area contributed by atoms with Gasteiger partial charge in [0.05, 0.1) is 18.1 Å². The third kappa shape index (κ3) is 3.14. The van der Waals surface area contributed by atoms with Crippen molar-refractivity contribution >= 4 is 39.0 Å². The number of methoxy groups -OCH3 is 1. The second-order valence-electron chi connectivity index (χ2n) is 6.35.